The topological polar surface area (TPSA) is 81.3 Å². The van der Waals surface area contributed by atoms with Crippen LogP contribution in [0.2, 0.25) is 0 Å². The minimum absolute atomic E-state index is 0.0739. The number of hydroxylamine groups is 1. The molecule has 0 bridgehead atoms. The van der Waals surface area contributed by atoms with Crippen LogP contribution in [0.5, 0.6) is 0 Å². The number of anilines is 1. The number of hydrogen-bond donors (Lipinski definition) is 2. The molecule has 1 atom stereocenters. The van der Waals surface area contributed by atoms with Crippen LogP contribution in [0.3, 0.4) is 0 Å². The van der Waals surface area contributed by atoms with Crippen molar-refractivity contribution in [3.8, 4) is 11.3 Å². The van der Waals surface area contributed by atoms with Crippen LogP contribution >= 0.6 is 0 Å². The Labute approximate surface area is 132 Å². The van der Waals surface area contributed by atoms with E-state index in [1.807, 2.05) is 50.1 Å². The fraction of sp³-hybridized carbons (Fsp3) is 0.267. The number of allylic oxidation sites excluding steroid dienone is 1. The third-order valence-electron chi connectivity index (χ3n) is 3.88. The Morgan fingerprint density at radius 3 is 2.87 bits per heavy atom. The van der Waals surface area contributed by atoms with Crippen LogP contribution in [-0.4, -0.2) is 30.2 Å². The van der Waals surface area contributed by atoms with E-state index in [-0.39, 0.29) is 6.04 Å². The molecule has 0 radical (unpaired) electrons. The molecule has 0 saturated carbocycles. The Kier molecular flexibility index (Phi) is 3.05. The van der Waals surface area contributed by atoms with Gasteiger partial charge in [0.05, 0.1) is 29.8 Å². The van der Waals surface area contributed by atoms with Crippen molar-refractivity contribution in [3.63, 3.8) is 0 Å². The Morgan fingerprint density at radius 1 is 1.30 bits per heavy atom. The van der Waals surface area contributed by atoms with Crippen molar-refractivity contribution >= 4 is 11.5 Å². The van der Waals surface area contributed by atoms with E-state index in [1.165, 1.54) is 0 Å². The smallest absolute Gasteiger partial charge is 0.180 e. The van der Waals surface area contributed by atoms with Gasteiger partial charge in [0.2, 0.25) is 0 Å². The first-order valence-electron chi connectivity index (χ1n) is 7.34. The van der Waals surface area contributed by atoms with Gasteiger partial charge >= 0.3 is 0 Å². The second-order valence-electron chi connectivity index (χ2n) is 5.55. The summed E-state index contributed by atoms with van der Waals surface area (Å²) in [6, 6.07) is 0.0739. The van der Waals surface area contributed by atoms with Crippen molar-refractivity contribution in [1.29, 1.82) is 0 Å². The summed E-state index contributed by atoms with van der Waals surface area (Å²) in [7, 11) is 1.89. The molecule has 8 nitrogen and oxygen atoms in total. The van der Waals surface area contributed by atoms with Gasteiger partial charge in [-0.1, -0.05) is 0 Å². The highest BCUT2D eigenvalue weighted by Gasteiger charge is 2.22. The molecule has 118 valence electrons. The Bertz CT molecular complexity index is 908. The first-order chi connectivity index (χ1) is 11.1. The molecule has 3 aromatic rings. The minimum atomic E-state index is 0.0739. The summed E-state index contributed by atoms with van der Waals surface area (Å²) in [6.07, 6.45) is 9.25. The lowest BCUT2D eigenvalue weighted by Gasteiger charge is -2.10. The van der Waals surface area contributed by atoms with E-state index in [0.29, 0.717) is 5.82 Å². The van der Waals surface area contributed by atoms with Crippen LogP contribution in [0.1, 0.15) is 13.8 Å². The summed E-state index contributed by atoms with van der Waals surface area (Å²) < 4.78 is 3.77. The molecule has 3 aromatic heterocycles. The molecule has 4 heterocycles. The largest absolute Gasteiger partial charge is 0.411 e. The molecule has 0 fully saturated rings. The van der Waals surface area contributed by atoms with Crippen LogP contribution < -0.4 is 10.8 Å². The molecular weight excluding hydrogens is 294 g/mol. The van der Waals surface area contributed by atoms with Gasteiger partial charge < -0.3 is 10.2 Å². The maximum absolute atomic E-state index is 5.34. The average molecular weight is 311 g/mol. The molecule has 0 saturated heterocycles. The summed E-state index contributed by atoms with van der Waals surface area (Å²) in [5.41, 5.74) is 6.61. The lowest BCUT2D eigenvalue weighted by molar-refractivity contribution is 0.121. The fourth-order valence-corrected chi connectivity index (χ4v) is 2.69. The van der Waals surface area contributed by atoms with Crippen LogP contribution in [0.15, 0.2) is 42.4 Å². The predicted octanol–water partition coefficient (Wildman–Crippen LogP) is 1.70. The number of nitrogens with one attached hydrogen (secondary N) is 2. The fourth-order valence-electron chi connectivity index (χ4n) is 2.69. The van der Waals surface area contributed by atoms with Gasteiger partial charge in [0, 0.05) is 31.2 Å². The van der Waals surface area contributed by atoms with E-state index >= 15 is 0 Å². The monoisotopic (exact) mass is 311 g/mol. The second-order valence-corrected chi connectivity index (χ2v) is 5.55. The zero-order valence-corrected chi connectivity index (χ0v) is 13.1. The SMILES string of the molecule is CC1=C(Nc2nccn3c(-c4cnn(C)c4)cnc23)C(C)NO1. The van der Waals surface area contributed by atoms with Gasteiger partial charge in [0.25, 0.3) is 0 Å². The van der Waals surface area contributed by atoms with Crippen molar-refractivity contribution in [3.05, 3.63) is 42.4 Å². The van der Waals surface area contributed by atoms with Gasteiger partial charge in [-0.25, -0.2) is 9.97 Å². The third-order valence-corrected chi connectivity index (χ3v) is 3.88. The van der Waals surface area contributed by atoms with Crippen LogP contribution in [0.4, 0.5) is 5.82 Å². The van der Waals surface area contributed by atoms with Gasteiger partial charge in [-0.05, 0) is 13.8 Å². The van der Waals surface area contributed by atoms with E-state index < -0.39 is 0 Å². The summed E-state index contributed by atoms with van der Waals surface area (Å²) in [5, 5.41) is 7.55. The highest BCUT2D eigenvalue weighted by molar-refractivity contribution is 5.71. The molecular formula is C15H17N7O. The molecule has 4 rings (SSSR count). The Hall–Kier alpha value is -2.87. The van der Waals surface area contributed by atoms with Crippen molar-refractivity contribution in [1.82, 2.24) is 29.6 Å². The molecule has 2 N–H and O–H groups in total. The molecule has 8 heteroatoms. The molecule has 0 amide bonds. The predicted molar refractivity (Wildman–Crippen MR) is 85.2 cm³/mol. The molecule has 1 aliphatic rings. The van der Waals surface area contributed by atoms with E-state index in [4.69, 9.17) is 4.84 Å². The van der Waals surface area contributed by atoms with Crippen LogP contribution in [0.25, 0.3) is 16.9 Å². The number of rotatable bonds is 3. The Balaban J connectivity index is 1.78. The van der Waals surface area contributed by atoms with E-state index in [0.717, 1.165) is 28.4 Å². The lowest BCUT2D eigenvalue weighted by atomic mass is 10.2. The van der Waals surface area contributed by atoms with Gasteiger partial charge in [-0.2, -0.15) is 5.10 Å². The van der Waals surface area contributed by atoms with E-state index in [2.05, 4.69) is 25.9 Å². The van der Waals surface area contributed by atoms with Gasteiger partial charge in [0.15, 0.2) is 11.5 Å². The van der Waals surface area contributed by atoms with Gasteiger partial charge in [-0.3, -0.25) is 9.08 Å². The summed E-state index contributed by atoms with van der Waals surface area (Å²) in [4.78, 5) is 14.3. The normalized spacial score (nSPS) is 17.8. The highest BCUT2D eigenvalue weighted by Crippen LogP contribution is 2.25. The second kappa shape index (κ2) is 5.10. The highest BCUT2D eigenvalue weighted by atomic mass is 16.7. The molecule has 1 unspecified atom stereocenters. The number of fused-ring (bicyclic) bond motifs is 1. The number of aromatic nitrogens is 5. The summed E-state index contributed by atoms with van der Waals surface area (Å²) >= 11 is 0. The standard InChI is InChI=1S/C15H17N7O/c1-9-13(10(2)23-20-9)19-14-15-17-7-12(22(15)5-4-16-14)11-6-18-21(3)8-11/h4-9,20H,1-3H3,(H,16,19). The van der Waals surface area contributed by atoms with Crippen molar-refractivity contribution in [2.75, 3.05) is 5.32 Å². The quantitative estimate of drug-likeness (QED) is 0.766. The first kappa shape index (κ1) is 13.8. The van der Waals surface area contributed by atoms with Crippen molar-refractivity contribution in [2.45, 2.75) is 19.9 Å². The minimum Gasteiger partial charge on any atom is -0.411 e. The Morgan fingerprint density at radius 2 is 2.17 bits per heavy atom. The summed E-state index contributed by atoms with van der Waals surface area (Å²) in [6.45, 7) is 3.93. The molecule has 0 spiro atoms. The zero-order chi connectivity index (χ0) is 16.0. The van der Waals surface area contributed by atoms with Crippen molar-refractivity contribution < 1.29 is 4.84 Å². The number of hydrogen-bond acceptors (Lipinski definition) is 6. The lowest BCUT2D eigenvalue weighted by Crippen LogP contribution is -2.23. The molecule has 1 aliphatic heterocycles. The van der Waals surface area contributed by atoms with Gasteiger partial charge in [0.1, 0.15) is 5.76 Å². The van der Waals surface area contributed by atoms with Crippen LogP contribution in [0, 0.1) is 0 Å². The number of imidazole rings is 1. The zero-order valence-electron chi connectivity index (χ0n) is 13.1. The maximum Gasteiger partial charge on any atom is 0.180 e. The van der Waals surface area contributed by atoms with E-state index in [1.54, 1.807) is 10.9 Å². The maximum atomic E-state index is 5.34. The van der Waals surface area contributed by atoms with E-state index in [9.17, 15) is 0 Å². The molecule has 0 aliphatic carbocycles. The van der Waals surface area contributed by atoms with Gasteiger partial charge in [-0.15, -0.1) is 5.48 Å². The summed E-state index contributed by atoms with van der Waals surface area (Å²) in [5.74, 6) is 1.50. The number of nitrogens with zero attached hydrogens (tertiary/aromatic N) is 5. The molecule has 23 heavy (non-hydrogen) atoms. The third kappa shape index (κ3) is 2.23. The average Bonchev–Trinajstić information content (AvgIpc) is 3.22. The molecule has 0 aromatic carbocycles. The van der Waals surface area contributed by atoms with Crippen molar-refractivity contribution in [2.24, 2.45) is 7.05 Å². The first-order valence-corrected chi connectivity index (χ1v) is 7.34. The van der Waals surface area contributed by atoms with Crippen LogP contribution in [-0.2, 0) is 11.9 Å². The number of aryl methyl sites for hydroxylation is 1.